The van der Waals surface area contributed by atoms with Gasteiger partial charge in [-0.2, -0.15) is 0 Å². The van der Waals surface area contributed by atoms with Gasteiger partial charge in [-0.1, -0.05) is 42.5 Å². The van der Waals surface area contributed by atoms with Gasteiger partial charge in [-0.05, 0) is 79.0 Å². The van der Waals surface area contributed by atoms with Crippen molar-refractivity contribution >= 4 is 15.9 Å². The van der Waals surface area contributed by atoms with E-state index in [-0.39, 0.29) is 21.6 Å². The predicted molar refractivity (Wildman–Crippen MR) is 115 cm³/mol. The molecule has 4 aliphatic carbocycles. The maximum atomic E-state index is 13.4. The number of amides is 1. The molecule has 4 aliphatic rings. The van der Waals surface area contributed by atoms with Crippen LogP contribution in [-0.4, -0.2) is 14.3 Å². The van der Waals surface area contributed by atoms with Crippen LogP contribution in [0.5, 0.6) is 0 Å². The summed E-state index contributed by atoms with van der Waals surface area (Å²) in [5.74, 6) is 1.42. The molecule has 4 fully saturated rings. The molecule has 5 nitrogen and oxygen atoms in total. The summed E-state index contributed by atoms with van der Waals surface area (Å²) in [4.78, 5) is 13.5. The first-order valence-corrected chi connectivity index (χ1v) is 12.3. The molecule has 0 radical (unpaired) electrons. The van der Waals surface area contributed by atoms with Gasteiger partial charge in [0.25, 0.3) is 0 Å². The molecule has 0 aliphatic heterocycles. The van der Waals surface area contributed by atoms with Crippen LogP contribution in [0.4, 0.5) is 0 Å². The summed E-state index contributed by atoms with van der Waals surface area (Å²) in [6, 6.07) is 17.2. The van der Waals surface area contributed by atoms with Gasteiger partial charge in [0, 0.05) is 6.54 Å². The maximum Gasteiger partial charge on any atom is 0.238 e. The van der Waals surface area contributed by atoms with Crippen molar-refractivity contribution in [2.24, 2.45) is 22.4 Å². The number of hydrogen-bond acceptors (Lipinski definition) is 3. The second-order valence-electron chi connectivity index (χ2n) is 9.76. The summed E-state index contributed by atoms with van der Waals surface area (Å²) in [6.07, 6.45) is 6.60. The number of benzene rings is 2. The molecule has 158 valence electrons. The summed E-state index contributed by atoms with van der Waals surface area (Å²) in [5, 5.41) is 8.32. The molecule has 2 atom stereocenters. The summed E-state index contributed by atoms with van der Waals surface area (Å²) >= 11 is 0. The Balaban J connectivity index is 1.34. The Kier molecular flexibility index (Phi) is 4.56. The van der Waals surface area contributed by atoms with Crippen LogP contribution in [0.15, 0.2) is 59.5 Å². The average molecular weight is 425 g/mol. The molecule has 2 aromatic carbocycles. The van der Waals surface area contributed by atoms with Crippen LogP contribution >= 0.6 is 0 Å². The first-order chi connectivity index (χ1) is 14.3. The normalized spacial score (nSPS) is 32.2. The summed E-state index contributed by atoms with van der Waals surface area (Å²) in [5.41, 5.74) is 2.13. The fraction of sp³-hybridized carbons (Fsp3) is 0.458. The maximum absolute atomic E-state index is 13.4. The second kappa shape index (κ2) is 6.92. The third-order valence-electron chi connectivity index (χ3n) is 7.63. The van der Waals surface area contributed by atoms with Crippen LogP contribution in [0, 0.1) is 17.3 Å². The van der Waals surface area contributed by atoms with Gasteiger partial charge in [-0.3, -0.25) is 4.79 Å². The van der Waals surface area contributed by atoms with Crippen LogP contribution in [-0.2, 0) is 26.8 Å². The molecular weight excluding hydrogens is 396 g/mol. The van der Waals surface area contributed by atoms with Crippen molar-refractivity contribution in [1.82, 2.24) is 5.32 Å². The lowest BCUT2D eigenvalue weighted by Gasteiger charge is -2.61. The summed E-state index contributed by atoms with van der Waals surface area (Å²) < 4.78 is 22.8. The van der Waals surface area contributed by atoms with E-state index in [1.807, 2.05) is 0 Å². The van der Waals surface area contributed by atoms with Gasteiger partial charge in [0.15, 0.2) is 0 Å². The van der Waals surface area contributed by atoms with Gasteiger partial charge in [-0.25, -0.2) is 13.6 Å². The molecule has 0 heterocycles. The first-order valence-electron chi connectivity index (χ1n) is 10.7. The van der Waals surface area contributed by atoms with Gasteiger partial charge in [0.05, 0.1) is 10.3 Å². The lowest BCUT2D eigenvalue weighted by molar-refractivity contribution is -0.149. The highest BCUT2D eigenvalue weighted by Crippen LogP contribution is 2.65. The molecule has 4 saturated carbocycles. The summed E-state index contributed by atoms with van der Waals surface area (Å²) in [7, 11) is -3.70. The average Bonchev–Trinajstić information content (AvgIpc) is 2.71. The zero-order chi connectivity index (χ0) is 21.0. The number of primary sulfonamides is 1. The Bertz CT molecular complexity index is 1050. The number of nitrogens with two attached hydrogens (primary N) is 1. The lowest BCUT2D eigenvalue weighted by atomic mass is 9.42. The van der Waals surface area contributed by atoms with Crippen molar-refractivity contribution in [3.8, 4) is 0 Å². The van der Waals surface area contributed by atoms with Gasteiger partial charge >= 0.3 is 0 Å². The van der Waals surface area contributed by atoms with Crippen molar-refractivity contribution in [2.45, 2.75) is 55.4 Å². The minimum Gasteiger partial charge on any atom is -0.352 e. The smallest absolute Gasteiger partial charge is 0.238 e. The molecule has 2 aromatic rings. The molecule has 3 N–H and O–H groups in total. The lowest BCUT2D eigenvalue weighted by Crippen LogP contribution is -2.59. The van der Waals surface area contributed by atoms with Crippen LogP contribution < -0.4 is 10.5 Å². The zero-order valence-corrected chi connectivity index (χ0v) is 17.8. The van der Waals surface area contributed by atoms with Gasteiger partial charge in [-0.15, -0.1) is 0 Å². The molecule has 1 amide bonds. The van der Waals surface area contributed by atoms with E-state index in [0.29, 0.717) is 18.4 Å². The third kappa shape index (κ3) is 3.36. The zero-order valence-electron chi connectivity index (χ0n) is 17.0. The summed E-state index contributed by atoms with van der Waals surface area (Å²) in [6.45, 7) is 0.402. The molecule has 0 saturated heterocycles. The molecule has 30 heavy (non-hydrogen) atoms. The second-order valence-corrected chi connectivity index (χ2v) is 11.3. The van der Waals surface area contributed by atoms with E-state index in [9.17, 15) is 13.2 Å². The highest BCUT2D eigenvalue weighted by atomic mass is 32.2. The first kappa shape index (κ1) is 19.8. The topological polar surface area (TPSA) is 89.3 Å². The minimum absolute atomic E-state index is 0.0865. The molecule has 0 spiro atoms. The van der Waals surface area contributed by atoms with Crippen LogP contribution in [0.3, 0.4) is 0 Å². The van der Waals surface area contributed by atoms with E-state index in [1.165, 1.54) is 37.0 Å². The van der Waals surface area contributed by atoms with Crippen molar-refractivity contribution < 1.29 is 13.2 Å². The minimum atomic E-state index is -3.70. The van der Waals surface area contributed by atoms with E-state index in [1.54, 1.807) is 12.1 Å². The van der Waals surface area contributed by atoms with E-state index < -0.39 is 10.0 Å². The van der Waals surface area contributed by atoms with E-state index in [0.717, 1.165) is 24.8 Å². The van der Waals surface area contributed by atoms with E-state index in [2.05, 4.69) is 35.6 Å². The number of hydrogen-bond donors (Lipinski definition) is 2. The Morgan fingerprint density at radius 1 is 0.967 bits per heavy atom. The van der Waals surface area contributed by atoms with Crippen molar-refractivity contribution in [1.29, 1.82) is 0 Å². The number of rotatable bonds is 5. The highest BCUT2D eigenvalue weighted by Gasteiger charge is 2.60. The van der Waals surface area contributed by atoms with Gasteiger partial charge in [0.2, 0.25) is 15.9 Å². The van der Waals surface area contributed by atoms with Crippen LogP contribution in [0.25, 0.3) is 0 Å². The molecule has 0 unspecified atom stereocenters. The fourth-order valence-corrected chi connectivity index (χ4v) is 7.34. The SMILES string of the molecule is NS(=O)(=O)c1ccc(CNC(=O)C23C[C@H]4C[C@H](C2)CC(c2ccccc2)(C4)C3)cc1. The van der Waals surface area contributed by atoms with Gasteiger partial charge in [0.1, 0.15) is 0 Å². The molecular formula is C24H28N2O3S. The molecule has 6 rings (SSSR count). The number of carbonyl (C=O) groups excluding carboxylic acids is 1. The number of sulfonamides is 1. The number of carbonyl (C=O) groups is 1. The van der Waals surface area contributed by atoms with Crippen LogP contribution in [0.2, 0.25) is 0 Å². The molecule has 0 aromatic heterocycles. The number of nitrogens with one attached hydrogen (secondary N) is 1. The van der Waals surface area contributed by atoms with Gasteiger partial charge < -0.3 is 5.32 Å². The van der Waals surface area contributed by atoms with Crippen LogP contribution in [0.1, 0.15) is 49.7 Å². The van der Waals surface area contributed by atoms with E-state index in [4.69, 9.17) is 5.14 Å². The molecule has 6 heteroatoms. The Morgan fingerprint density at radius 3 is 2.20 bits per heavy atom. The highest BCUT2D eigenvalue weighted by molar-refractivity contribution is 7.89. The molecule has 4 bridgehead atoms. The largest absolute Gasteiger partial charge is 0.352 e. The van der Waals surface area contributed by atoms with Crippen molar-refractivity contribution in [2.75, 3.05) is 0 Å². The Labute approximate surface area is 178 Å². The Morgan fingerprint density at radius 2 is 1.60 bits per heavy atom. The third-order valence-corrected chi connectivity index (χ3v) is 8.56. The van der Waals surface area contributed by atoms with Crippen molar-refractivity contribution in [3.05, 3.63) is 65.7 Å². The standard InChI is InChI=1S/C24H28N2O3S/c25-30(28,29)21-8-6-17(7-9-21)15-26-22(27)24-13-18-10-19(14-24)12-23(11-18,16-24)20-4-2-1-3-5-20/h1-9,18-19H,10-16H2,(H,26,27)(H2,25,28,29)/t18-,19-,23?,24?/m0/s1. The predicted octanol–water partition coefficient (Wildman–Crippen LogP) is 3.49. The quantitative estimate of drug-likeness (QED) is 0.770. The Hall–Kier alpha value is -2.18. The monoisotopic (exact) mass is 424 g/mol. The van der Waals surface area contributed by atoms with Crippen molar-refractivity contribution in [3.63, 3.8) is 0 Å². The fourth-order valence-electron chi connectivity index (χ4n) is 6.82. The van der Waals surface area contributed by atoms with E-state index >= 15 is 0 Å².